The zero-order valence-corrected chi connectivity index (χ0v) is 4.78. The molecule has 1 aliphatic carbocycles. The van der Waals surface area contributed by atoms with Gasteiger partial charge in [-0.05, 0) is 25.3 Å². The molecule has 1 saturated carbocycles. The molecule has 42 valence electrons. The summed E-state index contributed by atoms with van der Waals surface area (Å²) in [6, 6.07) is 0. The highest BCUT2D eigenvalue weighted by atomic mass is 15.1. The highest BCUT2D eigenvalue weighted by Crippen LogP contribution is 2.42. The predicted molar refractivity (Wildman–Crippen MR) is 32.3 cm³/mol. The third-order valence-electron chi connectivity index (χ3n) is 2.28. The summed E-state index contributed by atoms with van der Waals surface area (Å²) in [5.74, 6) is 3.70. The van der Waals surface area contributed by atoms with Crippen molar-refractivity contribution in [3.05, 3.63) is 0 Å². The molecule has 2 heterocycles. The van der Waals surface area contributed by atoms with E-state index in [2.05, 4.69) is 11.2 Å². The van der Waals surface area contributed by atoms with E-state index in [1.165, 1.54) is 12.8 Å². The van der Waals surface area contributed by atoms with E-state index in [1.54, 1.807) is 0 Å². The first kappa shape index (κ1) is 4.40. The van der Waals surface area contributed by atoms with Crippen molar-refractivity contribution >= 4 is 0 Å². The molecule has 0 aromatic carbocycles. The molecular weight excluding hydrogens is 98.1 g/mol. The van der Waals surface area contributed by atoms with E-state index in [4.69, 9.17) is 6.42 Å². The number of hydrogen-bond donors (Lipinski definition) is 1. The summed E-state index contributed by atoms with van der Waals surface area (Å²) in [4.78, 5) is 0. The Bertz CT molecular complexity index is 143. The second kappa shape index (κ2) is 1.09. The van der Waals surface area contributed by atoms with E-state index in [0.717, 1.165) is 12.5 Å². The summed E-state index contributed by atoms with van der Waals surface area (Å²) in [6.45, 7) is 1.16. The second-order valence-electron chi connectivity index (χ2n) is 2.88. The highest BCUT2D eigenvalue weighted by molar-refractivity contribution is 5.24. The van der Waals surface area contributed by atoms with Crippen molar-refractivity contribution in [3.8, 4) is 12.3 Å². The van der Waals surface area contributed by atoms with Crippen LogP contribution in [0.5, 0.6) is 0 Å². The van der Waals surface area contributed by atoms with Gasteiger partial charge < -0.3 is 5.32 Å². The molecule has 8 heavy (non-hydrogen) atoms. The van der Waals surface area contributed by atoms with Crippen LogP contribution >= 0.6 is 0 Å². The molecule has 1 N–H and O–H groups in total. The predicted octanol–water partition coefficient (Wildman–Crippen LogP) is 0.372. The van der Waals surface area contributed by atoms with Crippen LogP contribution in [0.4, 0.5) is 0 Å². The van der Waals surface area contributed by atoms with Gasteiger partial charge >= 0.3 is 0 Å². The largest absolute Gasteiger partial charge is 0.301 e. The molecule has 3 aliphatic rings. The summed E-state index contributed by atoms with van der Waals surface area (Å²) in [6.07, 6.45) is 7.74. The topological polar surface area (TPSA) is 12.0 Å². The van der Waals surface area contributed by atoms with Gasteiger partial charge in [0.25, 0.3) is 0 Å². The lowest BCUT2D eigenvalue weighted by Crippen LogP contribution is -2.41. The lowest BCUT2D eigenvalue weighted by molar-refractivity contribution is 0.299. The fourth-order valence-corrected chi connectivity index (χ4v) is 1.72. The Morgan fingerprint density at radius 1 is 1.62 bits per heavy atom. The lowest BCUT2D eigenvalue weighted by atomic mass is 9.74. The van der Waals surface area contributed by atoms with Gasteiger partial charge in [-0.3, -0.25) is 0 Å². The first-order valence-electron chi connectivity index (χ1n) is 3.07. The quantitative estimate of drug-likeness (QED) is 0.441. The normalized spacial score (nSPS) is 50.1. The fourth-order valence-electron chi connectivity index (χ4n) is 1.72. The first-order valence-corrected chi connectivity index (χ1v) is 3.07. The fraction of sp³-hybridized carbons (Fsp3) is 0.714. The molecule has 1 nitrogen and oxygen atoms in total. The molecule has 2 aliphatic heterocycles. The van der Waals surface area contributed by atoms with Crippen LogP contribution in [0.25, 0.3) is 0 Å². The van der Waals surface area contributed by atoms with E-state index in [9.17, 15) is 0 Å². The van der Waals surface area contributed by atoms with Gasteiger partial charge in [0.15, 0.2) is 0 Å². The molecule has 2 saturated heterocycles. The molecular formula is C7H9N. The van der Waals surface area contributed by atoms with Crippen LogP contribution < -0.4 is 5.32 Å². The van der Waals surface area contributed by atoms with E-state index in [0.29, 0.717) is 0 Å². The van der Waals surface area contributed by atoms with Crippen molar-refractivity contribution in [2.24, 2.45) is 5.92 Å². The molecule has 3 fully saturated rings. The first-order chi connectivity index (χ1) is 3.85. The Hall–Kier alpha value is -0.480. The number of rotatable bonds is 0. The van der Waals surface area contributed by atoms with Gasteiger partial charge in [-0.1, -0.05) is 5.92 Å². The standard InChI is InChI=1S/C7H9N/c1-2-7-3-6(4-7)5-8-7/h1,6,8H,3-5H2. The minimum atomic E-state index is 0.157. The summed E-state index contributed by atoms with van der Waals surface area (Å²) < 4.78 is 0. The van der Waals surface area contributed by atoms with Gasteiger partial charge in [0.1, 0.15) is 0 Å². The van der Waals surface area contributed by atoms with Gasteiger partial charge in [-0.25, -0.2) is 0 Å². The number of fused-ring (bicyclic) bond motifs is 1. The Kier molecular flexibility index (Phi) is 0.598. The molecule has 2 bridgehead atoms. The second-order valence-corrected chi connectivity index (χ2v) is 2.88. The van der Waals surface area contributed by atoms with Crippen LogP contribution in [0.15, 0.2) is 0 Å². The summed E-state index contributed by atoms with van der Waals surface area (Å²) in [5.41, 5.74) is 0.157. The lowest BCUT2D eigenvalue weighted by Gasteiger charge is -2.31. The monoisotopic (exact) mass is 107 g/mol. The SMILES string of the molecule is C#CC12CC(CN1)C2. The maximum atomic E-state index is 5.29. The van der Waals surface area contributed by atoms with Gasteiger partial charge in [0.2, 0.25) is 0 Å². The summed E-state index contributed by atoms with van der Waals surface area (Å²) in [5, 5.41) is 3.32. The van der Waals surface area contributed by atoms with Gasteiger partial charge in [-0.15, -0.1) is 6.42 Å². The smallest absolute Gasteiger partial charge is 0.0804 e. The van der Waals surface area contributed by atoms with Crippen molar-refractivity contribution in [2.45, 2.75) is 18.4 Å². The minimum Gasteiger partial charge on any atom is -0.301 e. The van der Waals surface area contributed by atoms with Crippen LogP contribution in [0, 0.1) is 18.3 Å². The maximum Gasteiger partial charge on any atom is 0.0804 e. The number of hydrogen-bond acceptors (Lipinski definition) is 1. The molecule has 0 atom stereocenters. The van der Waals surface area contributed by atoms with Gasteiger partial charge in [0.05, 0.1) is 5.54 Å². The molecule has 3 rings (SSSR count). The van der Waals surface area contributed by atoms with Crippen molar-refractivity contribution < 1.29 is 0 Å². The summed E-state index contributed by atoms with van der Waals surface area (Å²) >= 11 is 0. The van der Waals surface area contributed by atoms with E-state index < -0.39 is 0 Å². The molecule has 0 radical (unpaired) electrons. The molecule has 0 unspecified atom stereocenters. The van der Waals surface area contributed by atoms with E-state index in [-0.39, 0.29) is 5.54 Å². The highest BCUT2D eigenvalue weighted by Gasteiger charge is 2.48. The number of nitrogens with one attached hydrogen (secondary N) is 1. The maximum absolute atomic E-state index is 5.29. The third-order valence-corrected chi connectivity index (χ3v) is 2.28. The van der Waals surface area contributed by atoms with Crippen LogP contribution in [-0.2, 0) is 0 Å². The zero-order valence-electron chi connectivity index (χ0n) is 4.78. The number of terminal acetylenes is 1. The van der Waals surface area contributed by atoms with Crippen LogP contribution in [0.2, 0.25) is 0 Å². The molecule has 0 aromatic heterocycles. The Balaban J connectivity index is 2.23. The van der Waals surface area contributed by atoms with Gasteiger partial charge in [-0.2, -0.15) is 0 Å². The third kappa shape index (κ3) is 0.329. The zero-order chi connectivity index (χ0) is 5.61. The minimum absolute atomic E-state index is 0.157. The Morgan fingerprint density at radius 2 is 2.38 bits per heavy atom. The average Bonchev–Trinajstić information content (AvgIpc) is 2.17. The Morgan fingerprint density at radius 3 is 2.62 bits per heavy atom. The van der Waals surface area contributed by atoms with Crippen LogP contribution in [0.1, 0.15) is 12.8 Å². The van der Waals surface area contributed by atoms with Crippen molar-refractivity contribution in [2.75, 3.05) is 6.54 Å². The average molecular weight is 107 g/mol. The van der Waals surface area contributed by atoms with Crippen molar-refractivity contribution in [1.29, 1.82) is 0 Å². The Labute approximate surface area is 49.5 Å². The van der Waals surface area contributed by atoms with E-state index >= 15 is 0 Å². The van der Waals surface area contributed by atoms with Crippen LogP contribution in [0.3, 0.4) is 0 Å². The molecule has 0 aromatic rings. The molecule has 0 amide bonds. The van der Waals surface area contributed by atoms with Gasteiger partial charge in [0, 0.05) is 0 Å². The molecule has 0 spiro atoms. The van der Waals surface area contributed by atoms with Crippen molar-refractivity contribution in [1.82, 2.24) is 5.32 Å². The van der Waals surface area contributed by atoms with Crippen LogP contribution in [-0.4, -0.2) is 12.1 Å². The van der Waals surface area contributed by atoms with Crippen molar-refractivity contribution in [3.63, 3.8) is 0 Å². The summed E-state index contributed by atoms with van der Waals surface area (Å²) in [7, 11) is 0. The molecule has 1 heteroatoms. The van der Waals surface area contributed by atoms with E-state index in [1.807, 2.05) is 0 Å².